The topological polar surface area (TPSA) is 38.7 Å². The lowest BCUT2D eigenvalue weighted by atomic mass is 9.80. The summed E-state index contributed by atoms with van der Waals surface area (Å²) in [7, 11) is 0. The lowest BCUT2D eigenvalue weighted by Gasteiger charge is -2.36. The van der Waals surface area contributed by atoms with Gasteiger partial charge in [-0.2, -0.15) is 0 Å². The number of aliphatic hydroxyl groups is 1. The van der Waals surface area contributed by atoms with E-state index < -0.39 is 17.5 Å². The Morgan fingerprint density at radius 1 is 1.39 bits per heavy atom. The number of hydrogen-bond acceptors (Lipinski definition) is 3. The second-order valence-corrected chi connectivity index (χ2v) is 6.70. The van der Waals surface area contributed by atoms with Crippen molar-refractivity contribution in [3.05, 3.63) is 12.2 Å². The lowest BCUT2D eigenvalue weighted by molar-refractivity contribution is -0.166. The first-order valence-electron chi connectivity index (χ1n) is 7.12. The summed E-state index contributed by atoms with van der Waals surface area (Å²) in [6, 6.07) is 0. The Balaban J connectivity index is 1.97. The van der Waals surface area contributed by atoms with Crippen LogP contribution in [0.3, 0.4) is 0 Å². The number of aliphatic hydroxyl groups excluding tert-OH is 1. The van der Waals surface area contributed by atoms with Crippen LogP contribution in [0.2, 0.25) is 0 Å². The van der Waals surface area contributed by atoms with Gasteiger partial charge in [0.05, 0.1) is 6.10 Å². The molecule has 5 atom stereocenters. The van der Waals surface area contributed by atoms with Crippen LogP contribution in [0, 0.1) is 11.8 Å². The fourth-order valence-electron chi connectivity index (χ4n) is 4.02. The van der Waals surface area contributed by atoms with Crippen LogP contribution in [0.15, 0.2) is 12.2 Å². The third-order valence-electron chi connectivity index (χ3n) is 5.17. The number of fused-ring (bicyclic) bond motifs is 1. The van der Waals surface area contributed by atoms with Gasteiger partial charge in [0, 0.05) is 6.42 Å². The molecule has 3 rings (SSSR count). The molecule has 0 radical (unpaired) electrons. The Hall–Kier alpha value is -0.380. The van der Waals surface area contributed by atoms with Crippen molar-refractivity contribution in [3.8, 4) is 0 Å². The molecule has 102 valence electrons. The van der Waals surface area contributed by atoms with Crippen molar-refractivity contribution in [2.75, 3.05) is 0 Å². The van der Waals surface area contributed by atoms with Crippen molar-refractivity contribution >= 4 is 0 Å². The molecule has 1 N–H and O–H groups in total. The first-order valence-corrected chi connectivity index (χ1v) is 7.12. The molecule has 1 spiro atoms. The summed E-state index contributed by atoms with van der Waals surface area (Å²) < 4.78 is 12.2. The number of hydrogen-bond donors (Lipinski definition) is 1. The normalized spacial score (nSPS) is 51.6. The second-order valence-electron chi connectivity index (χ2n) is 6.70. The van der Waals surface area contributed by atoms with Crippen molar-refractivity contribution in [2.45, 2.75) is 70.1 Å². The maximum absolute atomic E-state index is 10.7. The van der Waals surface area contributed by atoms with Crippen LogP contribution in [0.25, 0.3) is 0 Å². The molecule has 0 aromatic rings. The highest BCUT2D eigenvalue weighted by molar-refractivity contribution is 5.26. The SMILES string of the molecule is C=C1CC[C@@H](C(C)C)[C@H](O)[C@@H]2O[C@]3(C)CC[C@@]12O3. The van der Waals surface area contributed by atoms with Crippen LogP contribution in [0.5, 0.6) is 0 Å². The zero-order valence-electron chi connectivity index (χ0n) is 11.6. The number of rotatable bonds is 1. The Bertz CT molecular complexity index is 378. The zero-order chi connectivity index (χ0) is 13.1. The molecular formula is C15H24O3. The maximum Gasteiger partial charge on any atom is 0.167 e. The van der Waals surface area contributed by atoms with E-state index >= 15 is 0 Å². The first-order chi connectivity index (χ1) is 8.38. The standard InChI is InChI=1S/C15H24O3/c1-9(2)11-6-5-10(3)15-8-7-14(4,18-15)17-13(15)12(11)16/h9,11-13,16H,3,5-8H2,1-2,4H3/t11-,12-,13-,14-,15+/m0/s1. The van der Waals surface area contributed by atoms with E-state index in [1.807, 2.05) is 6.92 Å². The highest BCUT2D eigenvalue weighted by Gasteiger charge is 2.65. The van der Waals surface area contributed by atoms with E-state index in [9.17, 15) is 5.11 Å². The summed E-state index contributed by atoms with van der Waals surface area (Å²) >= 11 is 0. The van der Waals surface area contributed by atoms with Crippen molar-refractivity contribution in [2.24, 2.45) is 11.8 Å². The molecule has 0 aromatic carbocycles. The predicted molar refractivity (Wildman–Crippen MR) is 69.0 cm³/mol. The minimum absolute atomic E-state index is 0.223. The van der Waals surface area contributed by atoms with E-state index in [2.05, 4.69) is 20.4 Å². The molecule has 2 bridgehead atoms. The Labute approximate surface area is 109 Å². The van der Waals surface area contributed by atoms with E-state index in [1.165, 1.54) is 0 Å². The first kappa shape index (κ1) is 12.6. The van der Waals surface area contributed by atoms with Crippen LogP contribution in [0.1, 0.15) is 46.5 Å². The highest BCUT2D eigenvalue weighted by Crippen LogP contribution is 2.57. The minimum Gasteiger partial charge on any atom is -0.390 e. The van der Waals surface area contributed by atoms with E-state index in [0.717, 1.165) is 31.3 Å². The van der Waals surface area contributed by atoms with E-state index in [4.69, 9.17) is 9.47 Å². The number of ether oxygens (including phenoxy) is 2. The molecule has 3 nitrogen and oxygen atoms in total. The molecule has 2 heterocycles. The summed E-state index contributed by atoms with van der Waals surface area (Å²) in [6.07, 6.45) is 3.11. The second kappa shape index (κ2) is 3.81. The molecule has 2 aliphatic heterocycles. The molecule has 18 heavy (non-hydrogen) atoms. The summed E-state index contributed by atoms with van der Waals surface area (Å²) in [4.78, 5) is 0. The largest absolute Gasteiger partial charge is 0.390 e. The van der Waals surface area contributed by atoms with Gasteiger partial charge in [-0.1, -0.05) is 20.4 Å². The van der Waals surface area contributed by atoms with Gasteiger partial charge in [0.2, 0.25) is 0 Å². The Morgan fingerprint density at radius 2 is 2.11 bits per heavy atom. The molecule has 2 saturated heterocycles. The van der Waals surface area contributed by atoms with Crippen molar-refractivity contribution in [1.29, 1.82) is 0 Å². The minimum atomic E-state index is -0.506. The van der Waals surface area contributed by atoms with Crippen LogP contribution in [0.4, 0.5) is 0 Å². The van der Waals surface area contributed by atoms with Gasteiger partial charge in [-0.15, -0.1) is 0 Å². The molecule has 0 unspecified atom stereocenters. The summed E-state index contributed by atoms with van der Waals surface area (Å²) in [5, 5.41) is 10.7. The molecule has 0 amide bonds. The quantitative estimate of drug-likeness (QED) is 0.729. The smallest absolute Gasteiger partial charge is 0.167 e. The molecule has 3 heteroatoms. The van der Waals surface area contributed by atoms with Crippen LogP contribution in [-0.2, 0) is 9.47 Å². The van der Waals surface area contributed by atoms with Crippen LogP contribution < -0.4 is 0 Å². The molecule has 3 fully saturated rings. The monoisotopic (exact) mass is 252 g/mol. The summed E-state index contributed by atoms with van der Waals surface area (Å²) in [5.41, 5.74) is 0.702. The van der Waals surface area contributed by atoms with Gasteiger partial charge >= 0.3 is 0 Å². The van der Waals surface area contributed by atoms with Crippen molar-refractivity contribution in [1.82, 2.24) is 0 Å². The average Bonchev–Trinajstić information content (AvgIpc) is 2.76. The van der Waals surface area contributed by atoms with E-state index in [-0.39, 0.29) is 12.0 Å². The van der Waals surface area contributed by atoms with Crippen molar-refractivity contribution in [3.63, 3.8) is 0 Å². The predicted octanol–water partition coefficient (Wildman–Crippen LogP) is 2.63. The third kappa shape index (κ3) is 1.54. The van der Waals surface area contributed by atoms with E-state index in [0.29, 0.717) is 5.92 Å². The summed E-state index contributed by atoms with van der Waals surface area (Å²) in [5.74, 6) is 0.226. The molecule has 3 aliphatic rings. The van der Waals surface area contributed by atoms with Gasteiger partial charge in [-0.3, -0.25) is 0 Å². The Morgan fingerprint density at radius 3 is 2.72 bits per heavy atom. The average molecular weight is 252 g/mol. The van der Waals surface area contributed by atoms with Gasteiger partial charge in [-0.05, 0) is 43.6 Å². The Kier molecular flexibility index (Phi) is 2.68. The third-order valence-corrected chi connectivity index (χ3v) is 5.17. The molecule has 1 saturated carbocycles. The van der Waals surface area contributed by atoms with Crippen LogP contribution >= 0.6 is 0 Å². The van der Waals surface area contributed by atoms with Crippen molar-refractivity contribution < 1.29 is 14.6 Å². The molecule has 0 aromatic heterocycles. The fraction of sp³-hybridized carbons (Fsp3) is 0.867. The lowest BCUT2D eigenvalue weighted by Crippen LogP contribution is -2.49. The van der Waals surface area contributed by atoms with Gasteiger partial charge in [0.25, 0.3) is 0 Å². The zero-order valence-corrected chi connectivity index (χ0v) is 11.6. The summed E-state index contributed by atoms with van der Waals surface area (Å²) in [6.45, 7) is 10.6. The van der Waals surface area contributed by atoms with Gasteiger partial charge < -0.3 is 14.6 Å². The van der Waals surface area contributed by atoms with Gasteiger partial charge in [-0.25, -0.2) is 0 Å². The molecule has 1 aliphatic carbocycles. The molecular weight excluding hydrogens is 228 g/mol. The van der Waals surface area contributed by atoms with Gasteiger partial charge in [0.15, 0.2) is 5.79 Å². The maximum atomic E-state index is 10.7. The fourth-order valence-corrected chi connectivity index (χ4v) is 4.02. The highest BCUT2D eigenvalue weighted by atomic mass is 16.8. The van der Waals surface area contributed by atoms with Gasteiger partial charge in [0.1, 0.15) is 11.7 Å². The van der Waals surface area contributed by atoms with Crippen LogP contribution in [-0.4, -0.2) is 28.7 Å². The van der Waals surface area contributed by atoms with E-state index in [1.54, 1.807) is 0 Å².